The lowest BCUT2D eigenvalue weighted by molar-refractivity contribution is 0.439. The van der Waals surface area contributed by atoms with Crippen LogP contribution in [0.3, 0.4) is 0 Å². The fourth-order valence-electron chi connectivity index (χ4n) is 1.52. The largest absolute Gasteiger partial charge is 0.744 e. The monoisotopic (exact) mass is 394 g/mol. The predicted molar refractivity (Wildman–Crippen MR) is 78.1 cm³/mol. The van der Waals surface area contributed by atoms with Gasteiger partial charge in [-0.05, 0) is 48.5 Å². The van der Waals surface area contributed by atoms with E-state index in [9.17, 15) is 30.1 Å². The van der Waals surface area contributed by atoms with Crippen LogP contribution in [0.5, 0.6) is 11.5 Å². The van der Waals surface area contributed by atoms with Crippen LogP contribution in [0, 0.1) is 0 Å². The van der Waals surface area contributed by atoms with Crippen LogP contribution in [0.4, 0.5) is 4.20 Å². The maximum atomic E-state index is 13.7. The first-order valence-electron chi connectivity index (χ1n) is 5.99. The van der Waals surface area contributed by atoms with E-state index in [0.717, 1.165) is 48.5 Å². The molecule has 0 saturated heterocycles. The first-order valence-corrected chi connectivity index (χ1v) is 9.88. The highest BCUT2D eigenvalue weighted by atomic mass is 32.2. The molecule has 2 aromatic carbocycles. The van der Waals surface area contributed by atoms with Crippen molar-refractivity contribution in [1.29, 1.82) is 0 Å². The Labute approximate surface area is 138 Å². The van der Waals surface area contributed by atoms with Crippen LogP contribution in [0.15, 0.2) is 58.3 Å². The number of hydrogen-bond donors (Lipinski definition) is 0. The number of hydrogen-bond acceptors (Lipinski definition) is 8. The molecule has 0 aliphatic carbocycles. The van der Waals surface area contributed by atoms with Gasteiger partial charge in [0.05, 0.1) is 9.79 Å². The third-order valence-corrected chi connectivity index (χ3v) is 4.99. The third kappa shape index (κ3) is 5.11. The summed E-state index contributed by atoms with van der Waals surface area (Å²) >= 11 is 0. The summed E-state index contributed by atoms with van der Waals surface area (Å²) in [5.41, 5.74) is 0. The van der Waals surface area contributed by atoms with Crippen molar-refractivity contribution in [2.75, 3.05) is 0 Å². The standard InChI is InChI=1S/C12H10FO8PS2/c13-22(20-9-1-5-11(6-2-9)23(14,15)16)21-10-3-7-12(8-4-10)24(17,18)19/h1-8H,(H,14,15,16)(H,17,18,19)/p-2. The SMILES string of the molecule is O=S(=O)([O-])c1ccc(OP(F)Oc2ccc(S(=O)(=O)[O-])cc2)cc1. The van der Waals surface area contributed by atoms with Gasteiger partial charge in [-0.1, -0.05) is 0 Å². The highest BCUT2D eigenvalue weighted by Gasteiger charge is 2.15. The van der Waals surface area contributed by atoms with E-state index in [0.29, 0.717) is 0 Å². The van der Waals surface area contributed by atoms with Gasteiger partial charge in [0.25, 0.3) is 0 Å². The van der Waals surface area contributed by atoms with E-state index in [-0.39, 0.29) is 11.5 Å². The number of rotatable bonds is 6. The summed E-state index contributed by atoms with van der Waals surface area (Å²) < 4.78 is 87.8. The predicted octanol–water partition coefficient (Wildman–Crippen LogP) is 2.15. The number of benzene rings is 2. The van der Waals surface area contributed by atoms with Crippen LogP contribution in [-0.2, 0) is 20.2 Å². The molecule has 0 atom stereocenters. The van der Waals surface area contributed by atoms with Gasteiger partial charge in [0.15, 0.2) is 0 Å². The normalized spacial score (nSPS) is 12.2. The van der Waals surface area contributed by atoms with E-state index in [2.05, 4.69) is 0 Å². The molecule has 0 N–H and O–H groups in total. The van der Waals surface area contributed by atoms with Crippen molar-refractivity contribution in [2.24, 2.45) is 0 Å². The summed E-state index contributed by atoms with van der Waals surface area (Å²) in [6, 6.07) is 8.13. The molecule has 0 heterocycles. The quantitative estimate of drug-likeness (QED) is 0.538. The van der Waals surface area contributed by atoms with Gasteiger partial charge in [-0.15, -0.1) is 4.20 Å². The molecule has 0 spiro atoms. The van der Waals surface area contributed by atoms with Crippen molar-refractivity contribution in [1.82, 2.24) is 0 Å². The minimum Gasteiger partial charge on any atom is -0.744 e. The lowest BCUT2D eigenvalue weighted by atomic mass is 10.3. The molecule has 8 nitrogen and oxygen atoms in total. The van der Waals surface area contributed by atoms with Crippen LogP contribution in [0.2, 0.25) is 0 Å². The Balaban J connectivity index is 2.01. The second-order valence-electron chi connectivity index (χ2n) is 4.25. The lowest BCUT2D eigenvalue weighted by Gasteiger charge is -2.12. The van der Waals surface area contributed by atoms with Crippen LogP contribution in [0.25, 0.3) is 0 Å². The third-order valence-electron chi connectivity index (χ3n) is 2.58. The summed E-state index contributed by atoms with van der Waals surface area (Å²) in [5.74, 6) is -0.149. The summed E-state index contributed by atoms with van der Waals surface area (Å²) in [5, 5.41) is 0. The molecule has 0 saturated carbocycles. The van der Waals surface area contributed by atoms with Gasteiger partial charge in [-0.3, -0.25) is 0 Å². The molecule has 130 valence electrons. The van der Waals surface area contributed by atoms with E-state index < -0.39 is 38.7 Å². The average Bonchev–Trinajstić information content (AvgIpc) is 2.46. The molecule has 24 heavy (non-hydrogen) atoms. The Morgan fingerprint density at radius 3 is 1.25 bits per heavy atom. The van der Waals surface area contributed by atoms with Crippen LogP contribution < -0.4 is 9.05 Å². The minimum absolute atomic E-state index is 0.0743. The lowest BCUT2D eigenvalue weighted by Crippen LogP contribution is -1.99. The van der Waals surface area contributed by atoms with E-state index in [1.807, 2.05) is 0 Å². The fourth-order valence-corrected chi connectivity index (χ4v) is 3.07. The summed E-state index contributed by atoms with van der Waals surface area (Å²) in [6.07, 6.45) is 0. The Bertz CT molecular complexity index is 833. The van der Waals surface area contributed by atoms with Gasteiger partial charge >= 0.3 is 8.69 Å². The molecule has 0 radical (unpaired) electrons. The van der Waals surface area contributed by atoms with Crippen molar-refractivity contribution >= 4 is 28.9 Å². The molecule has 0 bridgehead atoms. The van der Waals surface area contributed by atoms with Gasteiger partial charge in [0, 0.05) is 0 Å². The van der Waals surface area contributed by atoms with Crippen molar-refractivity contribution < 1.29 is 39.2 Å². The number of halogens is 1. The van der Waals surface area contributed by atoms with Crippen molar-refractivity contribution in [3.8, 4) is 11.5 Å². The minimum atomic E-state index is -4.61. The highest BCUT2D eigenvalue weighted by molar-refractivity contribution is 7.86. The summed E-state index contributed by atoms with van der Waals surface area (Å²) in [6.45, 7) is 0. The first kappa shape index (κ1) is 18.6. The Morgan fingerprint density at radius 2 is 1.00 bits per heavy atom. The van der Waals surface area contributed by atoms with Gasteiger partial charge in [0.2, 0.25) is 0 Å². The summed E-state index contributed by atoms with van der Waals surface area (Å²) in [7, 11) is -12.2. The summed E-state index contributed by atoms with van der Waals surface area (Å²) in [4.78, 5) is -0.985. The van der Waals surface area contributed by atoms with Gasteiger partial charge in [-0.25, -0.2) is 16.8 Å². The zero-order valence-corrected chi connectivity index (χ0v) is 14.1. The average molecular weight is 394 g/mol. The van der Waals surface area contributed by atoms with Crippen molar-refractivity contribution in [3.05, 3.63) is 48.5 Å². The Kier molecular flexibility index (Phi) is 5.41. The highest BCUT2D eigenvalue weighted by Crippen LogP contribution is 2.41. The van der Waals surface area contributed by atoms with E-state index in [4.69, 9.17) is 9.05 Å². The maximum absolute atomic E-state index is 13.7. The fraction of sp³-hybridized carbons (Fsp3) is 0. The maximum Gasteiger partial charge on any atom is 0.505 e. The van der Waals surface area contributed by atoms with Gasteiger partial charge in [-0.2, -0.15) is 0 Å². The molecule has 12 heteroatoms. The molecule has 0 fully saturated rings. The van der Waals surface area contributed by atoms with Crippen LogP contribution >= 0.6 is 8.69 Å². The van der Waals surface area contributed by atoms with E-state index >= 15 is 0 Å². The molecule has 0 amide bonds. The topological polar surface area (TPSA) is 133 Å². The van der Waals surface area contributed by atoms with Gasteiger partial charge < -0.3 is 18.2 Å². The zero-order valence-electron chi connectivity index (χ0n) is 11.5. The van der Waals surface area contributed by atoms with Crippen molar-refractivity contribution in [2.45, 2.75) is 9.79 Å². The van der Waals surface area contributed by atoms with E-state index in [1.54, 1.807) is 0 Å². The van der Waals surface area contributed by atoms with Gasteiger partial charge in [0.1, 0.15) is 31.7 Å². The molecule has 2 aromatic rings. The molecule has 2 rings (SSSR count). The van der Waals surface area contributed by atoms with Crippen LogP contribution in [-0.4, -0.2) is 25.9 Å². The molecule has 0 aromatic heterocycles. The second-order valence-corrected chi connectivity index (χ2v) is 7.80. The molecule has 0 aliphatic rings. The molecular weight excluding hydrogens is 386 g/mol. The molecular formula is C12H8FO8PS2-2. The molecule has 0 aliphatic heterocycles. The smallest absolute Gasteiger partial charge is 0.505 e. The molecule has 0 unspecified atom stereocenters. The zero-order chi connectivity index (χ0) is 18.0. The van der Waals surface area contributed by atoms with Crippen LogP contribution in [0.1, 0.15) is 0 Å². The second kappa shape index (κ2) is 6.99. The first-order chi connectivity index (χ1) is 11.1. The Hall–Kier alpha value is -1.78. The Morgan fingerprint density at radius 1 is 0.708 bits per heavy atom. The van der Waals surface area contributed by atoms with Crippen molar-refractivity contribution in [3.63, 3.8) is 0 Å². The van der Waals surface area contributed by atoms with E-state index in [1.165, 1.54) is 0 Å².